The zero-order valence-corrected chi connectivity index (χ0v) is 10.6. The molecule has 0 fully saturated rings. The summed E-state index contributed by atoms with van der Waals surface area (Å²) in [4.78, 5) is 4.38. The normalized spacial score (nSPS) is 11.2. The SMILES string of the molecule is Cc1csc(CNCCCOC(C)C)n1. The molecule has 0 saturated heterocycles. The van der Waals surface area contributed by atoms with Gasteiger partial charge in [-0.3, -0.25) is 0 Å². The largest absolute Gasteiger partial charge is 0.379 e. The van der Waals surface area contributed by atoms with Gasteiger partial charge >= 0.3 is 0 Å². The van der Waals surface area contributed by atoms with E-state index >= 15 is 0 Å². The third-order valence-corrected chi connectivity index (χ3v) is 2.86. The van der Waals surface area contributed by atoms with Gasteiger partial charge in [-0.2, -0.15) is 0 Å². The van der Waals surface area contributed by atoms with Crippen molar-refractivity contribution in [3.8, 4) is 0 Å². The van der Waals surface area contributed by atoms with E-state index in [-0.39, 0.29) is 0 Å². The molecule has 0 amide bonds. The zero-order chi connectivity index (χ0) is 11.1. The predicted molar refractivity (Wildman–Crippen MR) is 64.3 cm³/mol. The van der Waals surface area contributed by atoms with Gasteiger partial charge in [0, 0.05) is 24.2 Å². The third kappa shape index (κ3) is 5.87. The second-order valence-electron chi connectivity index (χ2n) is 3.83. The van der Waals surface area contributed by atoms with Crippen molar-refractivity contribution < 1.29 is 4.74 Å². The van der Waals surface area contributed by atoms with E-state index in [0.29, 0.717) is 6.10 Å². The first-order valence-electron chi connectivity index (χ1n) is 5.42. The van der Waals surface area contributed by atoms with Gasteiger partial charge in [0.05, 0.1) is 6.10 Å². The van der Waals surface area contributed by atoms with Crippen molar-refractivity contribution >= 4 is 11.3 Å². The highest BCUT2D eigenvalue weighted by atomic mass is 32.1. The molecule has 0 aliphatic carbocycles. The standard InChI is InChI=1S/C11H20N2OS/c1-9(2)14-6-4-5-12-7-11-13-10(3)8-15-11/h8-9,12H,4-7H2,1-3H3. The lowest BCUT2D eigenvalue weighted by Crippen LogP contribution is -2.17. The van der Waals surface area contributed by atoms with Crippen molar-refractivity contribution in [1.29, 1.82) is 0 Å². The van der Waals surface area contributed by atoms with Crippen LogP contribution in [0, 0.1) is 6.92 Å². The summed E-state index contributed by atoms with van der Waals surface area (Å²) in [6.45, 7) is 8.85. The summed E-state index contributed by atoms with van der Waals surface area (Å²) in [6.07, 6.45) is 1.40. The van der Waals surface area contributed by atoms with Crippen LogP contribution in [0.5, 0.6) is 0 Å². The van der Waals surface area contributed by atoms with Crippen LogP contribution in [-0.4, -0.2) is 24.2 Å². The molecule has 0 unspecified atom stereocenters. The fourth-order valence-electron chi connectivity index (χ4n) is 1.20. The monoisotopic (exact) mass is 228 g/mol. The molecule has 0 bridgehead atoms. The van der Waals surface area contributed by atoms with E-state index in [1.165, 1.54) is 0 Å². The van der Waals surface area contributed by atoms with Crippen molar-refractivity contribution in [2.45, 2.75) is 39.8 Å². The van der Waals surface area contributed by atoms with E-state index in [2.05, 4.69) is 29.5 Å². The molecular weight excluding hydrogens is 208 g/mol. The van der Waals surface area contributed by atoms with Crippen LogP contribution in [0.4, 0.5) is 0 Å². The third-order valence-electron chi connectivity index (χ3n) is 1.89. The van der Waals surface area contributed by atoms with Crippen LogP contribution in [0.2, 0.25) is 0 Å². The number of thiazole rings is 1. The molecule has 1 N–H and O–H groups in total. The second-order valence-corrected chi connectivity index (χ2v) is 4.78. The molecule has 0 spiro atoms. The van der Waals surface area contributed by atoms with E-state index < -0.39 is 0 Å². The van der Waals surface area contributed by atoms with Crippen LogP contribution < -0.4 is 5.32 Å². The van der Waals surface area contributed by atoms with Gasteiger partial charge < -0.3 is 10.1 Å². The fourth-order valence-corrected chi connectivity index (χ4v) is 1.94. The second kappa shape index (κ2) is 6.93. The Morgan fingerprint density at radius 2 is 2.33 bits per heavy atom. The summed E-state index contributed by atoms with van der Waals surface area (Å²) < 4.78 is 5.45. The van der Waals surface area contributed by atoms with Crippen LogP contribution in [0.15, 0.2) is 5.38 Å². The summed E-state index contributed by atoms with van der Waals surface area (Å²) in [5, 5.41) is 6.60. The molecule has 86 valence electrons. The van der Waals surface area contributed by atoms with Gasteiger partial charge in [-0.1, -0.05) is 0 Å². The van der Waals surface area contributed by atoms with E-state index in [4.69, 9.17) is 4.74 Å². The van der Waals surface area contributed by atoms with Gasteiger partial charge in [0.25, 0.3) is 0 Å². The van der Waals surface area contributed by atoms with E-state index in [9.17, 15) is 0 Å². The average Bonchev–Trinajstić information content (AvgIpc) is 2.57. The predicted octanol–water partition coefficient (Wildman–Crippen LogP) is 2.36. The summed E-state index contributed by atoms with van der Waals surface area (Å²) in [5.74, 6) is 0. The van der Waals surface area contributed by atoms with Gasteiger partial charge in [0.2, 0.25) is 0 Å². The summed E-state index contributed by atoms with van der Waals surface area (Å²) in [7, 11) is 0. The Kier molecular flexibility index (Phi) is 5.83. The zero-order valence-electron chi connectivity index (χ0n) is 9.75. The summed E-state index contributed by atoms with van der Waals surface area (Å²) >= 11 is 1.71. The first kappa shape index (κ1) is 12.6. The first-order chi connectivity index (χ1) is 7.18. The van der Waals surface area contributed by atoms with Crippen LogP contribution in [0.25, 0.3) is 0 Å². The highest BCUT2D eigenvalue weighted by molar-refractivity contribution is 7.09. The minimum absolute atomic E-state index is 0.339. The average molecular weight is 228 g/mol. The Balaban J connectivity index is 1.98. The van der Waals surface area contributed by atoms with Gasteiger partial charge in [0.15, 0.2) is 0 Å². The maximum absolute atomic E-state index is 5.45. The number of nitrogens with one attached hydrogen (secondary N) is 1. The van der Waals surface area contributed by atoms with Gasteiger partial charge in [0.1, 0.15) is 5.01 Å². The van der Waals surface area contributed by atoms with Gasteiger partial charge in [-0.15, -0.1) is 11.3 Å². The topological polar surface area (TPSA) is 34.1 Å². The Morgan fingerprint density at radius 3 is 2.93 bits per heavy atom. The molecule has 4 heteroatoms. The molecule has 1 rings (SSSR count). The first-order valence-corrected chi connectivity index (χ1v) is 6.30. The Labute approximate surface area is 95.9 Å². The molecule has 0 radical (unpaired) electrons. The van der Waals surface area contributed by atoms with Crippen LogP contribution in [-0.2, 0) is 11.3 Å². The van der Waals surface area contributed by atoms with E-state index in [0.717, 1.165) is 36.8 Å². The van der Waals surface area contributed by atoms with Crippen molar-refractivity contribution in [3.05, 3.63) is 16.1 Å². The summed E-state index contributed by atoms with van der Waals surface area (Å²) in [6, 6.07) is 0. The van der Waals surface area contributed by atoms with Crippen LogP contribution in [0.3, 0.4) is 0 Å². The summed E-state index contributed by atoms with van der Waals surface area (Å²) in [5.41, 5.74) is 1.11. The maximum atomic E-state index is 5.45. The van der Waals surface area contributed by atoms with Crippen molar-refractivity contribution in [2.24, 2.45) is 0 Å². The van der Waals surface area contributed by atoms with Crippen molar-refractivity contribution in [3.63, 3.8) is 0 Å². The molecule has 1 aromatic heterocycles. The van der Waals surface area contributed by atoms with E-state index in [1.54, 1.807) is 11.3 Å². The molecule has 1 aromatic rings. The lowest BCUT2D eigenvalue weighted by atomic mass is 10.4. The number of nitrogens with zero attached hydrogens (tertiary/aromatic N) is 1. The van der Waals surface area contributed by atoms with E-state index in [1.807, 2.05) is 6.92 Å². The molecule has 0 atom stereocenters. The number of ether oxygens (including phenoxy) is 1. The van der Waals surface area contributed by atoms with Crippen molar-refractivity contribution in [2.75, 3.05) is 13.2 Å². The number of aromatic nitrogens is 1. The number of hydrogen-bond donors (Lipinski definition) is 1. The Morgan fingerprint density at radius 1 is 1.53 bits per heavy atom. The molecule has 0 aliphatic heterocycles. The van der Waals surface area contributed by atoms with Crippen LogP contribution >= 0.6 is 11.3 Å². The fraction of sp³-hybridized carbons (Fsp3) is 0.727. The molecule has 1 heterocycles. The van der Waals surface area contributed by atoms with Gasteiger partial charge in [-0.25, -0.2) is 4.98 Å². The highest BCUT2D eigenvalue weighted by Gasteiger charge is 1.97. The Hall–Kier alpha value is -0.450. The molecule has 15 heavy (non-hydrogen) atoms. The van der Waals surface area contributed by atoms with Crippen LogP contribution in [0.1, 0.15) is 31.0 Å². The number of rotatable bonds is 7. The lowest BCUT2D eigenvalue weighted by Gasteiger charge is -2.07. The molecule has 0 saturated carbocycles. The minimum Gasteiger partial charge on any atom is -0.379 e. The molecular formula is C11H20N2OS. The highest BCUT2D eigenvalue weighted by Crippen LogP contribution is 2.07. The molecule has 0 aliphatic rings. The Bertz CT molecular complexity index is 273. The lowest BCUT2D eigenvalue weighted by molar-refractivity contribution is 0.0770. The minimum atomic E-state index is 0.339. The molecule has 0 aromatic carbocycles. The quantitative estimate of drug-likeness (QED) is 0.727. The number of hydrogen-bond acceptors (Lipinski definition) is 4. The molecule has 3 nitrogen and oxygen atoms in total. The number of aryl methyl sites for hydroxylation is 1. The smallest absolute Gasteiger partial charge is 0.107 e. The maximum Gasteiger partial charge on any atom is 0.107 e. The van der Waals surface area contributed by atoms with Gasteiger partial charge in [-0.05, 0) is 33.7 Å². The van der Waals surface area contributed by atoms with Crippen molar-refractivity contribution in [1.82, 2.24) is 10.3 Å².